The van der Waals surface area contributed by atoms with Gasteiger partial charge in [0.15, 0.2) is 0 Å². The monoisotopic (exact) mass is 320 g/mol. The first-order valence-corrected chi connectivity index (χ1v) is 6.66. The molecule has 4 heteroatoms. The van der Waals surface area contributed by atoms with Gasteiger partial charge in [0.2, 0.25) is 0 Å². The molecule has 0 aliphatic carbocycles. The fraction of sp³-hybridized carbons (Fsp3) is 0.133. The molecule has 0 saturated carbocycles. The number of carboxylic acids is 1. The highest BCUT2D eigenvalue weighted by Crippen LogP contribution is 2.29. The lowest BCUT2D eigenvalue weighted by Gasteiger charge is -2.11. The Hall–Kier alpha value is -1.81. The molecule has 19 heavy (non-hydrogen) atoms. The molecule has 1 N–H and O–H groups in total. The summed E-state index contributed by atoms with van der Waals surface area (Å²) in [7, 11) is 0. The second kappa shape index (κ2) is 6.38. The van der Waals surface area contributed by atoms with Gasteiger partial charge in [-0.05, 0) is 33.6 Å². The van der Waals surface area contributed by atoms with Crippen molar-refractivity contribution in [3.63, 3.8) is 0 Å². The third-order valence-corrected chi connectivity index (χ3v) is 3.30. The number of benzene rings is 2. The highest BCUT2D eigenvalue weighted by atomic mass is 79.9. The molecule has 0 aliphatic heterocycles. The van der Waals surface area contributed by atoms with E-state index in [1.165, 1.54) is 6.07 Å². The average molecular weight is 321 g/mol. The van der Waals surface area contributed by atoms with Gasteiger partial charge in [-0.25, -0.2) is 4.79 Å². The van der Waals surface area contributed by atoms with Crippen LogP contribution in [0, 0.1) is 0 Å². The summed E-state index contributed by atoms with van der Waals surface area (Å²) in [6.07, 6.45) is 0.737. The second-order valence-corrected chi connectivity index (χ2v) is 4.86. The summed E-state index contributed by atoms with van der Waals surface area (Å²) in [4.78, 5) is 11.1. The lowest BCUT2D eigenvalue weighted by atomic mass is 10.1. The zero-order valence-electron chi connectivity index (χ0n) is 10.2. The van der Waals surface area contributed by atoms with E-state index >= 15 is 0 Å². The summed E-state index contributed by atoms with van der Waals surface area (Å²) in [6.45, 7) is 0.437. The first-order valence-electron chi connectivity index (χ1n) is 5.87. The molecule has 0 bridgehead atoms. The molecule has 0 aromatic heterocycles. The highest BCUT2D eigenvalue weighted by Gasteiger charge is 2.13. The lowest BCUT2D eigenvalue weighted by molar-refractivity contribution is 0.0692. The molecule has 0 aliphatic rings. The lowest BCUT2D eigenvalue weighted by Crippen LogP contribution is -2.07. The Kier molecular flexibility index (Phi) is 4.58. The Balaban J connectivity index is 2.05. The largest absolute Gasteiger partial charge is 0.491 e. The SMILES string of the molecule is O=C(O)c1cccc(Br)c1OCCc1ccccc1. The zero-order chi connectivity index (χ0) is 13.7. The van der Waals surface area contributed by atoms with E-state index < -0.39 is 5.97 Å². The molecule has 0 fully saturated rings. The van der Waals surface area contributed by atoms with Crippen LogP contribution in [-0.2, 0) is 6.42 Å². The molecule has 0 saturated heterocycles. The van der Waals surface area contributed by atoms with Crippen molar-refractivity contribution in [1.29, 1.82) is 0 Å². The molecule has 0 heterocycles. The Morgan fingerprint density at radius 1 is 1.11 bits per heavy atom. The van der Waals surface area contributed by atoms with Gasteiger partial charge < -0.3 is 9.84 Å². The van der Waals surface area contributed by atoms with E-state index in [4.69, 9.17) is 9.84 Å². The van der Waals surface area contributed by atoms with Crippen LogP contribution in [0.3, 0.4) is 0 Å². The summed E-state index contributed by atoms with van der Waals surface area (Å²) in [5, 5.41) is 9.11. The Labute approximate surface area is 120 Å². The number of ether oxygens (including phenoxy) is 1. The van der Waals surface area contributed by atoms with Crippen molar-refractivity contribution in [2.45, 2.75) is 6.42 Å². The van der Waals surface area contributed by atoms with Crippen molar-refractivity contribution >= 4 is 21.9 Å². The van der Waals surface area contributed by atoms with Crippen LogP contribution in [0.2, 0.25) is 0 Å². The Morgan fingerprint density at radius 2 is 1.84 bits per heavy atom. The number of carbonyl (C=O) groups is 1. The summed E-state index contributed by atoms with van der Waals surface area (Å²) < 4.78 is 6.26. The number of hydrogen-bond donors (Lipinski definition) is 1. The fourth-order valence-electron chi connectivity index (χ4n) is 1.74. The zero-order valence-corrected chi connectivity index (χ0v) is 11.8. The van der Waals surface area contributed by atoms with E-state index in [0.717, 1.165) is 12.0 Å². The Bertz CT molecular complexity index is 567. The minimum Gasteiger partial charge on any atom is -0.491 e. The van der Waals surface area contributed by atoms with Crippen LogP contribution in [0.25, 0.3) is 0 Å². The number of carboxylic acid groups (broad SMARTS) is 1. The average Bonchev–Trinajstić information content (AvgIpc) is 2.41. The number of para-hydroxylation sites is 1. The molecule has 0 unspecified atom stereocenters. The van der Waals surface area contributed by atoms with Crippen LogP contribution >= 0.6 is 15.9 Å². The van der Waals surface area contributed by atoms with Crippen LogP contribution in [0.15, 0.2) is 53.0 Å². The molecule has 98 valence electrons. The predicted octanol–water partition coefficient (Wildman–Crippen LogP) is 3.77. The maximum absolute atomic E-state index is 11.1. The number of hydrogen-bond acceptors (Lipinski definition) is 2. The molecule has 0 atom stereocenters. The third-order valence-electron chi connectivity index (χ3n) is 2.68. The predicted molar refractivity (Wildman–Crippen MR) is 76.7 cm³/mol. The van der Waals surface area contributed by atoms with E-state index in [-0.39, 0.29) is 5.56 Å². The molecular formula is C15H13BrO3. The molecule has 2 rings (SSSR count). The van der Waals surface area contributed by atoms with Crippen molar-refractivity contribution in [3.05, 3.63) is 64.1 Å². The summed E-state index contributed by atoms with van der Waals surface area (Å²) >= 11 is 3.31. The van der Waals surface area contributed by atoms with E-state index in [2.05, 4.69) is 15.9 Å². The van der Waals surface area contributed by atoms with Crippen molar-refractivity contribution in [1.82, 2.24) is 0 Å². The third kappa shape index (κ3) is 3.58. The smallest absolute Gasteiger partial charge is 0.339 e. The molecular weight excluding hydrogens is 308 g/mol. The topological polar surface area (TPSA) is 46.5 Å². The van der Waals surface area contributed by atoms with Crippen molar-refractivity contribution in [2.75, 3.05) is 6.61 Å². The number of rotatable bonds is 5. The van der Waals surface area contributed by atoms with Crippen molar-refractivity contribution in [3.8, 4) is 5.75 Å². The van der Waals surface area contributed by atoms with Crippen LogP contribution in [-0.4, -0.2) is 17.7 Å². The Morgan fingerprint density at radius 3 is 2.53 bits per heavy atom. The quantitative estimate of drug-likeness (QED) is 0.912. The summed E-state index contributed by atoms with van der Waals surface area (Å²) in [5.41, 5.74) is 1.33. The van der Waals surface area contributed by atoms with Gasteiger partial charge in [-0.2, -0.15) is 0 Å². The van der Waals surface area contributed by atoms with Gasteiger partial charge in [-0.15, -0.1) is 0 Å². The van der Waals surface area contributed by atoms with Gasteiger partial charge in [0.25, 0.3) is 0 Å². The first-order chi connectivity index (χ1) is 9.18. The van der Waals surface area contributed by atoms with Crippen LogP contribution in [0.4, 0.5) is 0 Å². The van der Waals surface area contributed by atoms with E-state index in [1.807, 2.05) is 30.3 Å². The normalized spacial score (nSPS) is 10.2. The first kappa shape index (κ1) is 13.6. The number of aromatic carboxylic acids is 1. The fourth-order valence-corrected chi connectivity index (χ4v) is 2.22. The molecule has 0 amide bonds. The van der Waals surface area contributed by atoms with Crippen LogP contribution in [0.5, 0.6) is 5.75 Å². The van der Waals surface area contributed by atoms with Gasteiger partial charge in [-0.3, -0.25) is 0 Å². The maximum Gasteiger partial charge on any atom is 0.339 e. The standard InChI is InChI=1S/C15H13BrO3/c16-13-8-4-7-12(15(17)18)14(13)19-10-9-11-5-2-1-3-6-11/h1-8H,9-10H2,(H,17,18). The minimum atomic E-state index is -0.990. The van der Waals surface area contributed by atoms with Crippen LogP contribution < -0.4 is 4.74 Å². The van der Waals surface area contributed by atoms with Gasteiger partial charge in [0.05, 0.1) is 11.1 Å². The van der Waals surface area contributed by atoms with Gasteiger partial charge in [0.1, 0.15) is 11.3 Å². The van der Waals surface area contributed by atoms with Crippen molar-refractivity contribution < 1.29 is 14.6 Å². The van der Waals surface area contributed by atoms with E-state index in [0.29, 0.717) is 16.8 Å². The molecule has 0 spiro atoms. The molecule has 3 nitrogen and oxygen atoms in total. The summed E-state index contributed by atoms with van der Waals surface area (Å²) in [5.74, 6) is -0.609. The highest BCUT2D eigenvalue weighted by molar-refractivity contribution is 9.10. The molecule has 0 radical (unpaired) electrons. The minimum absolute atomic E-state index is 0.169. The van der Waals surface area contributed by atoms with Crippen LogP contribution in [0.1, 0.15) is 15.9 Å². The molecule has 2 aromatic carbocycles. The molecule has 2 aromatic rings. The van der Waals surface area contributed by atoms with E-state index in [9.17, 15) is 4.79 Å². The van der Waals surface area contributed by atoms with Crippen molar-refractivity contribution in [2.24, 2.45) is 0 Å². The van der Waals surface area contributed by atoms with Gasteiger partial charge in [0, 0.05) is 6.42 Å². The number of halogens is 1. The maximum atomic E-state index is 11.1. The van der Waals surface area contributed by atoms with Gasteiger partial charge in [-0.1, -0.05) is 36.4 Å². The van der Waals surface area contributed by atoms with E-state index in [1.54, 1.807) is 12.1 Å². The van der Waals surface area contributed by atoms with Gasteiger partial charge >= 0.3 is 5.97 Å². The second-order valence-electron chi connectivity index (χ2n) is 4.01. The summed E-state index contributed by atoms with van der Waals surface area (Å²) in [6, 6.07) is 14.9.